The SMILES string of the molecule is CCCn1cncc1Cn1nnc(C(=O)OC)c1COC. The molecule has 0 spiro atoms. The van der Waals surface area contributed by atoms with Crippen LogP contribution < -0.4 is 0 Å². The Bertz CT molecular complexity index is 605. The molecule has 0 aliphatic rings. The number of aromatic nitrogens is 5. The van der Waals surface area contributed by atoms with Crippen LogP contribution in [-0.2, 0) is 29.2 Å². The fourth-order valence-corrected chi connectivity index (χ4v) is 2.07. The molecule has 0 amide bonds. The second-order valence-electron chi connectivity index (χ2n) is 4.55. The summed E-state index contributed by atoms with van der Waals surface area (Å²) in [6.07, 6.45) is 4.58. The largest absolute Gasteiger partial charge is 0.464 e. The van der Waals surface area contributed by atoms with Crippen LogP contribution in [0.5, 0.6) is 0 Å². The van der Waals surface area contributed by atoms with E-state index in [9.17, 15) is 4.79 Å². The number of nitrogens with zero attached hydrogens (tertiary/aromatic N) is 5. The van der Waals surface area contributed by atoms with E-state index in [4.69, 9.17) is 9.47 Å². The van der Waals surface area contributed by atoms with Gasteiger partial charge in [0.25, 0.3) is 0 Å². The van der Waals surface area contributed by atoms with Gasteiger partial charge in [0.15, 0.2) is 5.69 Å². The van der Waals surface area contributed by atoms with Crippen molar-refractivity contribution in [2.45, 2.75) is 33.0 Å². The van der Waals surface area contributed by atoms with Gasteiger partial charge in [0.1, 0.15) is 0 Å². The van der Waals surface area contributed by atoms with E-state index in [-0.39, 0.29) is 12.3 Å². The highest BCUT2D eigenvalue weighted by Gasteiger charge is 2.20. The van der Waals surface area contributed by atoms with Gasteiger partial charge in [0, 0.05) is 13.7 Å². The van der Waals surface area contributed by atoms with Crippen LogP contribution in [-0.4, -0.2) is 44.7 Å². The highest BCUT2D eigenvalue weighted by Crippen LogP contribution is 2.11. The Morgan fingerprint density at radius 3 is 2.86 bits per heavy atom. The molecule has 0 aliphatic carbocycles. The van der Waals surface area contributed by atoms with E-state index in [0.717, 1.165) is 18.7 Å². The molecule has 0 fully saturated rings. The summed E-state index contributed by atoms with van der Waals surface area (Å²) in [4.78, 5) is 15.8. The summed E-state index contributed by atoms with van der Waals surface area (Å²) in [7, 11) is 2.87. The van der Waals surface area contributed by atoms with Crippen LogP contribution in [0, 0.1) is 0 Å². The number of rotatable bonds is 7. The standard InChI is InChI=1S/C13H19N5O3/c1-4-5-17-9-14-6-10(17)7-18-11(8-20-2)12(15-16-18)13(19)21-3/h6,9H,4-5,7-8H2,1-3H3. The fourth-order valence-electron chi connectivity index (χ4n) is 2.07. The van der Waals surface area contributed by atoms with Crippen LogP contribution in [0.4, 0.5) is 0 Å². The summed E-state index contributed by atoms with van der Waals surface area (Å²) in [6.45, 7) is 3.69. The van der Waals surface area contributed by atoms with E-state index >= 15 is 0 Å². The molecule has 2 heterocycles. The third-order valence-corrected chi connectivity index (χ3v) is 3.07. The molecular weight excluding hydrogens is 274 g/mol. The average Bonchev–Trinajstić information content (AvgIpc) is 3.08. The van der Waals surface area contributed by atoms with Crippen LogP contribution in [0.15, 0.2) is 12.5 Å². The van der Waals surface area contributed by atoms with Gasteiger partial charge in [-0.2, -0.15) is 0 Å². The molecule has 0 bridgehead atoms. The van der Waals surface area contributed by atoms with Crippen LogP contribution in [0.25, 0.3) is 0 Å². The summed E-state index contributed by atoms with van der Waals surface area (Å²) in [5.41, 5.74) is 1.77. The molecule has 114 valence electrons. The summed E-state index contributed by atoms with van der Waals surface area (Å²) in [5, 5.41) is 7.92. The van der Waals surface area contributed by atoms with Gasteiger partial charge in [-0.25, -0.2) is 14.5 Å². The molecule has 8 heteroatoms. The molecule has 0 aliphatic heterocycles. The van der Waals surface area contributed by atoms with Crippen molar-refractivity contribution in [3.63, 3.8) is 0 Å². The molecule has 0 saturated heterocycles. The van der Waals surface area contributed by atoms with Crippen LogP contribution in [0.3, 0.4) is 0 Å². The Hall–Kier alpha value is -2.22. The van der Waals surface area contributed by atoms with Gasteiger partial charge in [-0.15, -0.1) is 5.10 Å². The van der Waals surface area contributed by atoms with E-state index in [1.54, 1.807) is 24.3 Å². The van der Waals surface area contributed by atoms with Crippen LogP contribution in [0.2, 0.25) is 0 Å². The first-order valence-electron chi connectivity index (χ1n) is 6.69. The molecule has 0 radical (unpaired) electrons. The highest BCUT2D eigenvalue weighted by atomic mass is 16.5. The molecule has 2 aromatic heterocycles. The summed E-state index contributed by atoms with van der Waals surface area (Å²) < 4.78 is 13.5. The zero-order chi connectivity index (χ0) is 15.2. The van der Waals surface area contributed by atoms with Crippen molar-refractivity contribution in [1.82, 2.24) is 24.5 Å². The number of methoxy groups -OCH3 is 2. The maximum Gasteiger partial charge on any atom is 0.360 e. The Kier molecular flexibility index (Phi) is 5.04. The number of ether oxygens (including phenoxy) is 2. The number of hydrogen-bond acceptors (Lipinski definition) is 6. The van der Waals surface area contributed by atoms with Gasteiger partial charge < -0.3 is 14.0 Å². The van der Waals surface area contributed by atoms with Crippen molar-refractivity contribution in [3.05, 3.63) is 29.6 Å². The van der Waals surface area contributed by atoms with E-state index in [2.05, 4.69) is 26.8 Å². The maximum absolute atomic E-state index is 11.7. The number of carbonyl (C=O) groups is 1. The lowest BCUT2D eigenvalue weighted by atomic mass is 10.3. The smallest absolute Gasteiger partial charge is 0.360 e. The predicted molar refractivity (Wildman–Crippen MR) is 73.7 cm³/mol. The summed E-state index contributed by atoms with van der Waals surface area (Å²) >= 11 is 0. The summed E-state index contributed by atoms with van der Waals surface area (Å²) in [6, 6.07) is 0. The zero-order valence-corrected chi connectivity index (χ0v) is 12.4. The second kappa shape index (κ2) is 6.98. The third-order valence-electron chi connectivity index (χ3n) is 3.07. The third kappa shape index (κ3) is 3.27. The van der Waals surface area contributed by atoms with E-state index in [0.29, 0.717) is 12.2 Å². The van der Waals surface area contributed by atoms with Crippen molar-refractivity contribution in [3.8, 4) is 0 Å². The molecule has 2 aromatic rings. The normalized spacial score (nSPS) is 10.8. The Morgan fingerprint density at radius 1 is 1.38 bits per heavy atom. The lowest BCUT2D eigenvalue weighted by molar-refractivity contribution is 0.0588. The van der Waals surface area contributed by atoms with Crippen molar-refractivity contribution >= 4 is 5.97 Å². The minimum atomic E-state index is -0.518. The van der Waals surface area contributed by atoms with Crippen molar-refractivity contribution in [2.24, 2.45) is 0 Å². The minimum absolute atomic E-state index is 0.181. The maximum atomic E-state index is 11.7. The lowest BCUT2D eigenvalue weighted by Gasteiger charge is -2.09. The van der Waals surface area contributed by atoms with Gasteiger partial charge in [-0.3, -0.25) is 0 Å². The first kappa shape index (κ1) is 15.2. The first-order valence-corrected chi connectivity index (χ1v) is 6.69. The first-order chi connectivity index (χ1) is 10.2. The average molecular weight is 293 g/mol. The fraction of sp³-hybridized carbons (Fsp3) is 0.538. The quantitative estimate of drug-likeness (QED) is 0.704. The zero-order valence-electron chi connectivity index (χ0n) is 12.4. The molecule has 21 heavy (non-hydrogen) atoms. The van der Waals surface area contributed by atoms with Gasteiger partial charge in [-0.1, -0.05) is 12.1 Å². The number of aryl methyl sites for hydroxylation is 1. The molecule has 0 saturated carbocycles. The van der Waals surface area contributed by atoms with E-state index in [1.165, 1.54) is 7.11 Å². The Morgan fingerprint density at radius 2 is 2.19 bits per heavy atom. The molecular formula is C13H19N5O3. The molecule has 0 N–H and O–H groups in total. The predicted octanol–water partition coefficient (Wildman–Crippen LogP) is 0.866. The number of esters is 1. The number of hydrogen-bond donors (Lipinski definition) is 0. The molecule has 2 rings (SSSR count). The van der Waals surface area contributed by atoms with Crippen molar-refractivity contribution in [2.75, 3.05) is 14.2 Å². The van der Waals surface area contributed by atoms with Gasteiger partial charge in [-0.05, 0) is 6.42 Å². The van der Waals surface area contributed by atoms with Crippen LogP contribution >= 0.6 is 0 Å². The topological polar surface area (TPSA) is 84.1 Å². The second-order valence-corrected chi connectivity index (χ2v) is 4.55. The minimum Gasteiger partial charge on any atom is -0.464 e. The monoisotopic (exact) mass is 293 g/mol. The van der Waals surface area contributed by atoms with E-state index < -0.39 is 5.97 Å². The molecule has 8 nitrogen and oxygen atoms in total. The van der Waals surface area contributed by atoms with Crippen molar-refractivity contribution in [1.29, 1.82) is 0 Å². The molecule has 0 aromatic carbocycles. The van der Waals surface area contributed by atoms with Gasteiger partial charge in [0.2, 0.25) is 0 Å². The number of imidazole rings is 1. The van der Waals surface area contributed by atoms with Gasteiger partial charge >= 0.3 is 5.97 Å². The van der Waals surface area contributed by atoms with Gasteiger partial charge in [0.05, 0.1) is 44.2 Å². The van der Waals surface area contributed by atoms with Crippen molar-refractivity contribution < 1.29 is 14.3 Å². The lowest BCUT2D eigenvalue weighted by Crippen LogP contribution is -2.13. The Balaban J connectivity index is 2.29. The van der Waals surface area contributed by atoms with E-state index in [1.807, 2.05) is 0 Å². The number of carbonyl (C=O) groups excluding carboxylic acids is 1. The molecule has 0 atom stereocenters. The Labute approximate surface area is 122 Å². The summed E-state index contributed by atoms with van der Waals surface area (Å²) in [5.74, 6) is -0.518. The molecule has 0 unspecified atom stereocenters. The van der Waals surface area contributed by atoms with Crippen LogP contribution in [0.1, 0.15) is 35.2 Å². The highest BCUT2D eigenvalue weighted by molar-refractivity contribution is 5.88.